The highest BCUT2D eigenvalue weighted by Crippen LogP contribution is 2.18. The Morgan fingerprint density at radius 2 is 2.38 bits per heavy atom. The van der Waals surface area contributed by atoms with Crippen LogP contribution in [0.4, 0.5) is 0 Å². The lowest BCUT2D eigenvalue weighted by atomic mass is 10.1. The molecule has 0 amide bonds. The highest BCUT2D eigenvalue weighted by Gasteiger charge is 2.27. The first-order valence-electron chi connectivity index (χ1n) is 7.13. The Labute approximate surface area is 122 Å². The number of fused-ring (bicyclic) bond motifs is 1. The van der Waals surface area contributed by atoms with Crippen LogP contribution in [0.3, 0.4) is 0 Å². The Bertz CT molecular complexity index is 629. The lowest BCUT2D eigenvalue weighted by Gasteiger charge is -2.21. The molecule has 1 unspecified atom stereocenters. The number of rotatable bonds is 5. The molecule has 1 saturated heterocycles. The van der Waals surface area contributed by atoms with Crippen molar-refractivity contribution >= 4 is 22.9 Å². The number of carbonyl (C=O) groups excluding carboxylic acids is 2. The van der Waals surface area contributed by atoms with Gasteiger partial charge in [0.25, 0.3) is 0 Å². The first-order valence-corrected chi connectivity index (χ1v) is 7.13. The minimum absolute atomic E-state index is 0.0171. The van der Waals surface area contributed by atoms with Crippen molar-refractivity contribution < 1.29 is 18.7 Å². The van der Waals surface area contributed by atoms with E-state index in [1.165, 1.54) is 0 Å². The predicted octanol–water partition coefficient (Wildman–Crippen LogP) is 1.97. The number of aromatic nitrogens is 1. The second-order valence-electron chi connectivity index (χ2n) is 5.32. The van der Waals surface area contributed by atoms with E-state index in [4.69, 9.17) is 9.15 Å². The van der Waals surface area contributed by atoms with Crippen molar-refractivity contribution in [1.29, 1.82) is 0 Å². The van der Waals surface area contributed by atoms with Gasteiger partial charge in [-0.2, -0.15) is 0 Å². The zero-order chi connectivity index (χ0) is 14.8. The number of H-pyrrole nitrogens is 1. The minimum Gasteiger partial charge on any atom is -0.463 e. The van der Waals surface area contributed by atoms with Crippen LogP contribution in [0.5, 0.6) is 0 Å². The van der Waals surface area contributed by atoms with Crippen LogP contribution < -0.4 is 0 Å². The number of Topliss-reactive ketones (excluding diaryl/α,β-unsaturated/α-hetero) is 1. The van der Waals surface area contributed by atoms with Gasteiger partial charge in [-0.1, -0.05) is 0 Å². The van der Waals surface area contributed by atoms with Gasteiger partial charge in [-0.25, -0.2) is 4.79 Å². The highest BCUT2D eigenvalue weighted by molar-refractivity contribution is 5.93. The van der Waals surface area contributed by atoms with Crippen molar-refractivity contribution in [3.63, 3.8) is 0 Å². The van der Waals surface area contributed by atoms with E-state index in [0.29, 0.717) is 17.8 Å². The van der Waals surface area contributed by atoms with Gasteiger partial charge >= 0.3 is 5.97 Å². The molecule has 1 atom stereocenters. The quantitative estimate of drug-likeness (QED) is 0.852. The van der Waals surface area contributed by atoms with E-state index in [1.54, 1.807) is 25.3 Å². The smallest absolute Gasteiger partial charge is 0.354 e. The third kappa shape index (κ3) is 2.85. The minimum atomic E-state index is -0.403. The molecule has 0 aromatic carbocycles. The number of ether oxygens (including phenoxy) is 1. The molecule has 21 heavy (non-hydrogen) atoms. The predicted molar refractivity (Wildman–Crippen MR) is 76.1 cm³/mol. The summed E-state index contributed by atoms with van der Waals surface area (Å²) in [5.74, 6) is -0.219. The molecule has 3 heterocycles. The summed E-state index contributed by atoms with van der Waals surface area (Å²) in [6.07, 6.45) is 3.48. The van der Waals surface area contributed by atoms with Crippen LogP contribution in [0.2, 0.25) is 0 Å². The monoisotopic (exact) mass is 290 g/mol. The zero-order valence-electron chi connectivity index (χ0n) is 11.9. The fourth-order valence-electron chi connectivity index (χ4n) is 2.85. The van der Waals surface area contributed by atoms with Crippen molar-refractivity contribution in [3.05, 3.63) is 24.1 Å². The number of aromatic amines is 1. The van der Waals surface area contributed by atoms with Crippen molar-refractivity contribution in [2.24, 2.45) is 0 Å². The highest BCUT2D eigenvalue weighted by atomic mass is 16.5. The molecule has 2 aromatic heterocycles. The topological polar surface area (TPSA) is 75.5 Å². The number of likely N-dealkylation sites (tertiary alicyclic amines) is 1. The van der Waals surface area contributed by atoms with Crippen molar-refractivity contribution in [1.82, 2.24) is 9.88 Å². The largest absolute Gasteiger partial charge is 0.463 e. The maximum absolute atomic E-state index is 11.9. The number of hydrogen-bond acceptors (Lipinski definition) is 5. The second-order valence-corrected chi connectivity index (χ2v) is 5.32. The number of carbonyl (C=O) groups is 2. The van der Waals surface area contributed by atoms with Gasteiger partial charge in [0.2, 0.25) is 0 Å². The number of nitrogens with zero attached hydrogens (tertiary/aromatic N) is 1. The molecule has 0 spiro atoms. The molecule has 1 aliphatic rings. The van der Waals surface area contributed by atoms with Crippen LogP contribution in [0.15, 0.2) is 22.8 Å². The standard InChI is InChI=1S/C15H18N2O4/c1-10(18)13-3-2-5-17(13)6-8-21-15(19)12-9-14-11(16-12)4-7-20-14/h4,7,9,13,16H,2-3,5-6,8H2,1H3. The van der Waals surface area contributed by atoms with Crippen molar-refractivity contribution in [2.45, 2.75) is 25.8 Å². The molecule has 2 aromatic rings. The summed E-state index contributed by atoms with van der Waals surface area (Å²) < 4.78 is 10.4. The Hall–Kier alpha value is -2.08. The molecular weight excluding hydrogens is 272 g/mol. The molecule has 112 valence electrons. The lowest BCUT2D eigenvalue weighted by molar-refractivity contribution is -0.121. The van der Waals surface area contributed by atoms with E-state index in [0.717, 1.165) is 24.9 Å². The first kappa shape index (κ1) is 13.9. The van der Waals surface area contributed by atoms with Gasteiger partial charge < -0.3 is 14.1 Å². The maximum Gasteiger partial charge on any atom is 0.354 e. The summed E-state index contributed by atoms with van der Waals surface area (Å²) in [7, 11) is 0. The van der Waals surface area contributed by atoms with E-state index in [-0.39, 0.29) is 18.4 Å². The summed E-state index contributed by atoms with van der Waals surface area (Å²) in [6.45, 7) is 3.37. The summed E-state index contributed by atoms with van der Waals surface area (Å²) in [5, 5.41) is 0. The van der Waals surface area contributed by atoms with E-state index in [2.05, 4.69) is 9.88 Å². The van der Waals surface area contributed by atoms with Crippen LogP contribution in [0.1, 0.15) is 30.3 Å². The number of esters is 1. The van der Waals surface area contributed by atoms with Crippen molar-refractivity contribution in [3.8, 4) is 0 Å². The van der Waals surface area contributed by atoms with Crippen LogP contribution in [-0.2, 0) is 9.53 Å². The fraction of sp³-hybridized carbons (Fsp3) is 0.467. The number of nitrogens with one attached hydrogen (secondary N) is 1. The summed E-state index contributed by atoms with van der Waals surface area (Å²) in [6, 6.07) is 3.37. The van der Waals surface area contributed by atoms with Gasteiger partial charge in [0.1, 0.15) is 18.1 Å². The Morgan fingerprint density at radius 1 is 1.52 bits per heavy atom. The van der Waals surface area contributed by atoms with Crippen LogP contribution in [0, 0.1) is 0 Å². The molecule has 6 heteroatoms. The van der Waals surface area contributed by atoms with Crippen LogP contribution >= 0.6 is 0 Å². The van der Waals surface area contributed by atoms with Gasteiger partial charge in [0.15, 0.2) is 5.58 Å². The lowest BCUT2D eigenvalue weighted by Crippen LogP contribution is -2.37. The van der Waals surface area contributed by atoms with Crippen LogP contribution in [-0.4, -0.2) is 47.4 Å². The Kier molecular flexibility index (Phi) is 3.79. The summed E-state index contributed by atoms with van der Waals surface area (Å²) in [4.78, 5) is 28.4. The third-order valence-electron chi connectivity index (χ3n) is 3.90. The van der Waals surface area contributed by atoms with E-state index < -0.39 is 5.97 Å². The molecule has 6 nitrogen and oxygen atoms in total. The molecular formula is C15H18N2O4. The van der Waals surface area contributed by atoms with Gasteiger partial charge in [-0.15, -0.1) is 0 Å². The van der Waals surface area contributed by atoms with Gasteiger partial charge in [0.05, 0.1) is 17.8 Å². The van der Waals surface area contributed by atoms with Gasteiger partial charge in [-0.3, -0.25) is 9.69 Å². The van der Waals surface area contributed by atoms with Gasteiger partial charge in [-0.05, 0) is 26.3 Å². The first-order chi connectivity index (χ1) is 10.1. The summed E-state index contributed by atoms with van der Waals surface area (Å²) >= 11 is 0. The average Bonchev–Trinajstić information content (AvgIpc) is 3.13. The van der Waals surface area contributed by atoms with Crippen molar-refractivity contribution in [2.75, 3.05) is 19.7 Å². The molecule has 0 aliphatic carbocycles. The summed E-state index contributed by atoms with van der Waals surface area (Å²) in [5.41, 5.74) is 1.80. The number of hydrogen-bond donors (Lipinski definition) is 1. The average molecular weight is 290 g/mol. The molecule has 1 N–H and O–H groups in total. The Balaban J connectivity index is 1.52. The third-order valence-corrected chi connectivity index (χ3v) is 3.90. The molecule has 3 rings (SSSR count). The fourth-order valence-corrected chi connectivity index (χ4v) is 2.85. The molecule has 0 radical (unpaired) electrons. The van der Waals surface area contributed by atoms with Gasteiger partial charge in [0, 0.05) is 18.7 Å². The maximum atomic E-state index is 11.9. The van der Waals surface area contributed by atoms with Crippen LogP contribution in [0.25, 0.3) is 11.1 Å². The SMILES string of the molecule is CC(=O)C1CCCN1CCOC(=O)c1cc2occc2[nH]1. The molecule has 1 fully saturated rings. The Morgan fingerprint density at radius 3 is 3.14 bits per heavy atom. The second kappa shape index (κ2) is 5.73. The van der Waals surface area contributed by atoms with E-state index in [9.17, 15) is 9.59 Å². The molecule has 0 bridgehead atoms. The molecule has 1 aliphatic heterocycles. The van der Waals surface area contributed by atoms with E-state index in [1.807, 2.05) is 0 Å². The molecule has 0 saturated carbocycles. The number of ketones is 1. The normalized spacial score (nSPS) is 19.2. The zero-order valence-corrected chi connectivity index (χ0v) is 11.9. The number of furan rings is 1. The van der Waals surface area contributed by atoms with E-state index >= 15 is 0 Å².